The number of hydrogen-bond donors (Lipinski definition) is 2. The van der Waals surface area contributed by atoms with Gasteiger partial charge in [-0.25, -0.2) is 0 Å². The van der Waals surface area contributed by atoms with Gasteiger partial charge in [-0.05, 0) is 19.9 Å². The van der Waals surface area contributed by atoms with Gasteiger partial charge in [-0.1, -0.05) is 12.7 Å². The zero-order valence-corrected chi connectivity index (χ0v) is 7.84. The molecule has 0 aliphatic heterocycles. The Balaban J connectivity index is 0. The fourth-order valence-corrected chi connectivity index (χ4v) is 0.343. The molecule has 0 bridgehead atoms. The van der Waals surface area contributed by atoms with Crippen molar-refractivity contribution in [1.82, 2.24) is 5.32 Å². The monoisotopic (exact) mass is 170 g/mol. The first-order valence-corrected chi connectivity index (χ1v) is 3.82. The number of nitrogens with one attached hydrogen (secondary N) is 1. The van der Waals surface area contributed by atoms with Crippen LogP contribution >= 0.6 is 0 Å². The summed E-state index contributed by atoms with van der Waals surface area (Å²) in [6, 6.07) is 0.209. The Kier molecular flexibility index (Phi) is 11.1. The second-order valence-corrected chi connectivity index (χ2v) is 2.39. The molecule has 0 aliphatic rings. The molecule has 0 saturated heterocycles. The van der Waals surface area contributed by atoms with Crippen LogP contribution in [0.1, 0.15) is 13.8 Å². The Morgan fingerprint density at radius 3 is 2.08 bits per heavy atom. The van der Waals surface area contributed by atoms with E-state index >= 15 is 0 Å². The maximum Gasteiger partial charge on any atom is 0.243 e. The molecule has 3 nitrogen and oxygen atoms in total. The first kappa shape index (κ1) is 13.5. The summed E-state index contributed by atoms with van der Waals surface area (Å²) in [6.07, 6.45) is 2.92. The maximum atomic E-state index is 10.4. The summed E-state index contributed by atoms with van der Waals surface area (Å²) in [5.74, 6) is -0.111. The molecule has 0 saturated carbocycles. The summed E-state index contributed by atoms with van der Waals surface area (Å²) >= 11 is 0. The molecule has 0 radical (unpaired) electrons. The molecule has 0 spiro atoms. The van der Waals surface area contributed by atoms with Crippen LogP contribution in [0.3, 0.4) is 0 Å². The number of hydrogen-bond acceptors (Lipinski definition) is 2. The van der Waals surface area contributed by atoms with Crippen LogP contribution in [0.2, 0.25) is 0 Å². The van der Waals surface area contributed by atoms with Crippen LogP contribution in [0.4, 0.5) is 0 Å². The van der Waals surface area contributed by atoms with Gasteiger partial charge >= 0.3 is 0 Å². The molecule has 0 unspecified atom stereocenters. The molecule has 70 valence electrons. The van der Waals surface area contributed by atoms with Gasteiger partial charge in [0.1, 0.15) is 0 Å². The third kappa shape index (κ3) is 16.0. The highest BCUT2D eigenvalue weighted by molar-refractivity contribution is 5.86. The van der Waals surface area contributed by atoms with Gasteiger partial charge in [0.05, 0.1) is 0 Å². The average Bonchev–Trinajstić information content (AvgIpc) is 2.04. The topological polar surface area (TPSA) is 55.1 Å². The Bertz CT molecular complexity index is 141. The van der Waals surface area contributed by atoms with Crippen LogP contribution in [0.5, 0.6) is 0 Å². The Morgan fingerprint density at radius 2 is 2.00 bits per heavy atom. The summed E-state index contributed by atoms with van der Waals surface area (Å²) < 4.78 is 0. The van der Waals surface area contributed by atoms with E-state index in [2.05, 4.69) is 18.5 Å². The SMILES string of the molecule is C=CC(=O)NC(C)C.C=CCN. The normalized spacial score (nSPS) is 8.00. The van der Waals surface area contributed by atoms with Gasteiger partial charge < -0.3 is 11.1 Å². The second kappa shape index (κ2) is 9.91. The zero-order chi connectivity index (χ0) is 9.98. The van der Waals surface area contributed by atoms with Crippen molar-refractivity contribution in [3.8, 4) is 0 Å². The van der Waals surface area contributed by atoms with E-state index in [1.807, 2.05) is 13.8 Å². The molecule has 0 aromatic carbocycles. The van der Waals surface area contributed by atoms with Crippen molar-refractivity contribution < 1.29 is 4.79 Å². The molecule has 1 amide bonds. The lowest BCUT2D eigenvalue weighted by Crippen LogP contribution is -2.27. The van der Waals surface area contributed by atoms with Crippen molar-refractivity contribution in [2.45, 2.75) is 19.9 Å². The second-order valence-electron chi connectivity index (χ2n) is 2.39. The molecule has 0 fully saturated rings. The highest BCUT2D eigenvalue weighted by Crippen LogP contribution is 1.75. The molecule has 0 aliphatic carbocycles. The molecule has 3 N–H and O–H groups in total. The van der Waals surface area contributed by atoms with E-state index in [1.54, 1.807) is 6.08 Å². The van der Waals surface area contributed by atoms with E-state index in [-0.39, 0.29) is 11.9 Å². The lowest BCUT2D eigenvalue weighted by molar-refractivity contribution is -0.116. The standard InChI is InChI=1S/C6H11NO.C3H7N/c1-4-6(8)7-5(2)3;1-2-3-4/h4-5H,1H2,2-3H3,(H,7,8);2H,1,3-4H2. The molecule has 12 heavy (non-hydrogen) atoms. The lowest BCUT2D eigenvalue weighted by atomic mass is 10.4. The van der Waals surface area contributed by atoms with Gasteiger partial charge in [-0.3, -0.25) is 4.79 Å². The summed E-state index contributed by atoms with van der Waals surface area (Å²) in [6.45, 7) is 11.0. The first-order valence-electron chi connectivity index (χ1n) is 3.82. The molecule has 0 aromatic rings. The summed E-state index contributed by atoms with van der Waals surface area (Å²) in [5.41, 5.74) is 4.91. The van der Waals surface area contributed by atoms with E-state index in [1.165, 1.54) is 6.08 Å². The lowest BCUT2D eigenvalue weighted by Gasteiger charge is -2.02. The minimum atomic E-state index is -0.111. The van der Waals surface area contributed by atoms with Crippen LogP contribution in [0, 0.1) is 0 Å². The number of nitrogens with two attached hydrogens (primary N) is 1. The average molecular weight is 170 g/mol. The summed E-state index contributed by atoms with van der Waals surface area (Å²) in [5, 5.41) is 2.64. The van der Waals surface area contributed by atoms with Gasteiger partial charge in [0.2, 0.25) is 5.91 Å². The minimum Gasteiger partial charge on any atom is -0.350 e. The molecule has 0 rings (SSSR count). The Labute approximate surface area is 74.3 Å². The van der Waals surface area contributed by atoms with Crippen molar-refractivity contribution in [2.75, 3.05) is 6.54 Å². The highest BCUT2D eigenvalue weighted by atomic mass is 16.1. The highest BCUT2D eigenvalue weighted by Gasteiger charge is 1.93. The van der Waals surface area contributed by atoms with E-state index in [9.17, 15) is 4.79 Å². The Hall–Kier alpha value is -1.09. The number of carbonyl (C=O) groups is 1. The van der Waals surface area contributed by atoms with Crippen molar-refractivity contribution in [1.29, 1.82) is 0 Å². The van der Waals surface area contributed by atoms with Gasteiger partial charge in [0.15, 0.2) is 0 Å². The largest absolute Gasteiger partial charge is 0.350 e. The molecular formula is C9H18N2O. The fraction of sp³-hybridized carbons (Fsp3) is 0.444. The predicted octanol–water partition coefficient (Wildman–Crippen LogP) is 0.828. The van der Waals surface area contributed by atoms with Crippen LogP contribution in [-0.4, -0.2) is 18.5 Å². The number of rotatable bonds is 3. The van der Waals surface area contributed by atoms with E-state index < -0.39 is 0 Å². The molecule has 3 heteroatoms. The number of amides is 1. The predicted molar refractivity (Wildman–Crippen MR) is 52.7 cm³/mol. The van der Waals surface area contributed by atoms with Crippen molar-refractivity contribution in [2.24, 2.45) is 5.73 Å². The third-order valence-electron chi connectivity index (χ3n) is 0.783. The first-order chi connectivity index (χ1) is 5.58. The zero-order valence-electron chi connectivity index (χ0n) is 7.84. The van der Waals surface area contributed by atoms with Crippen molar-refractivity contribution in [3.63, 3.8) is 0 Å². The van der Waals surface area contributed by atoms with Crippen molar-refractivity contribution >= 4 is 5.91 Å². The quantitative estimate of drug-likeness (QED) is 0.487. The molecule has 0 heterocycles. The van der Waals surface area contributed by atoms with Gasteiger partial charge in [0, 0.05) is 12.6 Å². The number of carbonyl (C=O) groups excluding carboxylic acids is 1. The third-order valence-corrected chi connectivity index (χ3v) is 0.783. The van der Waals surface area contributed by atoms with Crippen LogP contribution in [-0.2, 0) is 4.79 Å². The van der Waals surface area contributed by atoms with Crippen LogP contribution < -0.4 is 11.1 Å². The van der Waals surface area contributed by atoms with Gasteiger partial charge in [0.25, 0.3) is 0 Å². The van der Waals surface area contributed by atoms with Gasteiger partial charge in [-0.15, -0.1) is 6.58 Å². The fourth-order valence-electron chi connectivity index (χ4n) is 0.343. The molecule has 0 atom stereocenters. The van der Waals surface area contributed by atoms with Crippen molar-refractivity contribution in [3.05, 3.63) is 25.3 Å². The Morgan fingerprint density at radius 1 is 1.58 bits per heavy atom. The van der Waals surface area contributed by atoms with Gasteiger partial charge in [-0.2, -0.15) is 0 Å². The van der Waals surface area contributed by atoms with E-state index in [0.29, 0.717) is 6.54 Å². The smallest absolute Gasteiger partial charge is 0.243 e. The van der Waals surface area contributed by atoms with E-state index in [0.717, 1.165) is 0 Å². The maximum absolute atomic E-state index is 10.4. The molecule has 0 aromatic heterocycles. The minimum absolute atomic E-state index is 0.111. The summed E-state index contributed by atoms with van der Waals surface area (Å²) in [4.78, 5) is 10.4. The van der Waals surface area contributed by atoms with E-state index in [4.69, 9.17) is 5.73 Å². The molecular weight excluding hydrogens is 152 g/mol. The van der Waals surface area contributed by atoms with Crippen LogP contribution in [0.25, 0.3) is 0 Å². The van der Waals surface area contributed by atoms with Crippen LogP contribution in [0.15, 0.2) is 25.3 Å². The summed E-state index contributed by atoms with van der Waals surface area (Å²) in [7, 11) is 0.